The summed E-state index contributed by atoms with van der Waals surface area (Å²) < 4.78 is 5.23. The fourth-order valence-electron chi connectivity index (χ4n) is 2.28. The molecule has 20 heavy (non-hydrogen) atoms. The first kappa shape index (κ1) is 16.5. The third kappa shape index (κ3) is 6.55. The standard InChI is InChI=1S/C16H25N3O/c1-16(2,13-19(3)4)12-18-11-14-5-7-15(8-6-14)20-10-9-17/h5-8,18H,10-13H2,1-4H3. The van der Waals surface area contributed by atoms with Crippen LogP contribution in [-0.2, 0) is 6.54 Å². The molecule has 0 saturated carbocycles. The van der Waals surface area contributed by atoms with E-state index in [1.165, 1.54) is 5.56 Å². The number of hydrogen-bond donors (Lipinski definition) is 1. The van der Waals surface area contributed by atoms with Gasteiger partial charge < -0.3 is 15.0 Å². The molecule has 1 aromatic rings. The molecule has 0 unspecified atom stereocenters. The van der Waals surface area contributed by atoms with Crippen LogP contribution in [0.5, 0.6) is 5.75 Å². The Bertz CT molecular complexity index is 432. The lowest BCUT2D eigenvalue weighted by Gasteiger charge is -2.28. The summed E-state index contributed by atoms with van der Waals surface area (Å²) in [5, 5.41) is 11.9. The van der Waals surface area contributed by atoms with E-state index >= 15 is 0 Å². The van der Waals surface area contributed by atoms with Crippen LogP contribution in [-0.4, -0.2) is 38.7 Å². The molecule has 0 aliphatic carbocycles. The molecule has 0 aliphatic heterocycles. The molecule has 0 heterocycles. The van der Waals surface area contributed by atoms with Crippen LogP contribution >= 0.6 is 0 Å². The van der Waals surface area contributed by atoms with Crippen molar-refractivity contribution in [3.63, 3.8) is 0 Å². The maximum absolute atomic E-state index is 8.45. The van der Waals surface area contributed by atoms with Crippen molar-refractivity contribution < 1.29 is 4.74 Å². The summed E-state index contributed by atoms with van der Waals surface area (Å²) in [6.07, 6.45) is 0. The molecule has 110 valence electrons. The van der Waals surface area contributed by atoms with Gasteiger partial charge in [-0.1, -0.05) is 26.0 Å². The second kappa shape index (κ2) is 7.88. The second-order valence-electron chi connectivity index (χ2n) is 6.10. The Morgan fingerprint density at radius 3 is 2.45 bits per heavy atom. The molecule has 0 spiro atoms. The molecule has 0 saturated heterocycles. The molecule has 0 fully saturated rings. The Morgan fingerprint density at radius 1 is 1.25 bits per heavy atom. The van der Waals surface area contributed by atoms with Gasteiger partial charge in [-0.2, -0.15) is 5.26 Å². The van der Waals surface area contributed by atoms with Gasteiger partial charge in [0.15, 0.2) is 6.61 Å². The number of nitriles is 1. The largest absolute Gasteiger partial charge is 0.479 e. The van der Waals surface area contributed by atoms with E-state index in [-0.39, 0.29) is 12.0 Å². The summed E-state index contributed by atoms with van der Waals surface area (Å²) in [6.45, 7) is 7.49. The first-order chi connectivity index (χ1) is 9.43. The average Bonchev–Trinajstić information content (AvgIpc) is 2.36. The number of nitrogens with one attached hydrogen (secondary N) is 1. The van der Waals surface area contributed by atoms with Gasteiger partial charge in [-0.05, 0) is 37.2 Å². The van der Waals surface area contributed by atoms with Crippen molar-refractivity contribution in [3.05, 3.63) is 29.8 Å². The first-order valence-corrected chi connectivity index (χ1v) is 6.87. The van der Waals surface area contributed by atoms with Crippen LogP contribution in [0.1, 0.15) is 19.4 Å². The van der Waals surface area contributed by atoms with Gasteiger partial charge in [0.25, 0.3) is 0 Å². The van der Waals surface area contributed by atoms with Crippen molar-refractivity contribution in [1.29, 1.82) is 5.26 Å². The Balaban J connectivity index is 2.37. The minimum Gasteiger partial charge on any atom is -0.479 e. The lowest BCUT2D eigenvalue weighted by Crippen LogP contribution is -2.37. The van der Waals surface area contributed by atoms with Gasteiger partial charge in [0.1, 0.15) is 11.8 Å². The van der Waals surface area contributed by atoms with Crippen molar-refractivity contribution in [2.24, 2.45) is 5.41 Å². The van der Waals surface area contributed by atoms with E-state index in [0.29, 0.717) is 0 Å². The zero-order valence-electron chi connectivity index (χ0n) is 12.9. The second-order valence-corrected chi connectivity index (χ2v) is 6.10. The van der Waals surface area contributed by atoms with Crippen molar-refractivity contribution in [2.75, 3.05) is 33.8 Å². The average molecular weight is 275 g/mol. The zero-order chi connectivity index (χ0) is 15.0. The molecular weight excluding hydrogens is 250 g/mol. The molecular formula is C16H25N3O. The molecule has 0 bridgehead atoms. The van der Waals surface area contributed by atoms with Crippen molar-refractivity contribution >= 4 is 0 Å². The van der Waals surface area contributed by atoms with Crippen molar-refractivity contribution in [3.8, 4) is 11.8 Å². The molecule has 0 amide bonds. The highest BCUT2D eigenvalue weighted by Crippen LogP contribution is 2.15. The summed E-state index contributed by atoms with van der Waals surface area (Å²) >= 11 is 0. The van der Waals surface area contributed by atoms with Crippen LogP contribution in [0, 0.1) is 16.7 Å². The molecule has 4 heteroatoms. The van der Waals surface area contributed by atoms with E-state index in [4.69, 9.17) is 10.00 Å². The number of nitrogens with zero attached hydrogens (tertiary/aromatic N) is 2. The van der Waals surface area contributed by atoms with Gasteiger partial charge in [0, 0.05) is 19.6 Å². The van der Waals surface area contributed by atoms with E-state index in [1.54, 1.807) is 0 Å². The molecule has 0 atom stereocenters. The SMILES string of the molecule is CN(C)CC(C)(C)CNCc1ccc(OCC#N)cc1. The minimum absolute atomic E-state index is 0.0936. The summed E-state index contributed by atoms with van der Waals surface area (Å²) in [7, 11) is 4.20. The maximum Gasteiger partial charge on any atom is 0.174 e. The Morgan fingerprint density at radius 2 is 1.90 bits per heavy atom. The third-order valence-corrected chi connectivity index (χ3v) is 2.90. The highest BCUT2D eigenvalue weighted by atomic mass is 16.5. The first-order valence-electron chi connectivity index (χ1n) is 6.87. The van der Waals surface area contributed by atoms with E-state index in [2.05, 4.69) is 38.2 Å². The maximum atomic E-state index is 8.45. The van der Waals surface area contributed by atoms with E-state index < -0.39 is 0 Å². The predicted octanol–water partition coefficient (Wildman–Crippen LogP) is 2.27. The van der Waals surface area contributed by atoms with Crippen molar-refractivity contribution in [2.45, 2.75) is 20.4 Å². The van der Waals surface area contributed by atoms with Gasteiger partial charge in [-0.15, -0.1) is 0 Å². The van der Waals surface area contributed by atoms with E-state index in [9.17, 15) is 0 Å². The van der Waals surface area contributed by atoms with Gasteiger partial charge in [0.2, 0.25) is 0 Å². The van der Waals surface area contributed by atoms with E-state index in [1.807, 2.05) is 30.3 Å². The Labute approximate surface area is 122 Å². The van der Waals surface area contributed by atoms with Crippen LogP contribution in [0.4, 0.5) is 0 Å². The van der Waals surface area contributed by atoms with Crippen LogP contribution in [0.3, 0.4) is 0 Å². The Hall–Kier alpha value is -1.57. The third-order valence-electron chi connectivity index (χ3n) is 2.90. The Kier molecular flexibility index (Phi) is 6.50. The fraction of sp³-hybridized carbons (Fsp3) is 0.562. The van der Waals surface area contributed by atoms with Crippen LogP contribution in [0.2, 0.25) is 0 Å². The van der Waals surface area contributed by atoms with Gasteiger partial charge in [-0.3, -0.25) is 0 Å². The van der Waals surface area contributed by atoms with Crippen LogP contribution < -0.4 is 10.1 Å². The topological polar surface area (TPSA) is 48.3 Å². The lowest BCUT2D eigenvalue weighted by atomic mass is 9.93. The zero-order valence-corrected chi connectivity index (χ0v) is 12.9. The molecule has 1 rings (SSSR count). The predicted molar refractivity (Wildman–Crippen MR) is 81.6 cm³/mol. The van der Waals surface area contributed by atoms with Crippen LogP contribution in [0.15, 0.2) is 24.3 Å². The fourth-order valence-corrected chi connectivity index (χ4v) is 2.28. The summed E-state index contributed by atoms with van der Waals surface area (Å²) in [4.78, 5) is 2.21. The number of benzene rings is 1. The summed E-state index contributed by atoms with van der Waals surface area (Å²) in [5.74, 6) is 0.739. The molecule has 4 nitrogen and oxygen atoms in total. The normalized spacial score (nSPS) is 11.4. The molecule has 0 aromatic heterocycles. The molecule has 1 aromatic carbocycles. The number of ether oxygens (including phenoxy) is 1. The number of rotatable bonds is 8. The summed E-state index contributed by atoms with van der Waals surface area (Å²) in [5.41, 5.74) is 1.47. The summed E-state index contributed by atoms with van der Waals surface area (Å²) in [6, 6.07) is 9.82. The molecule has 0 aliphatic rings. The van der Waals surface area contributed by atoms with Gasteiger partial charge in [0.05, 0.1) is 0 Å². The highest BCUT2D eigenvalue weighted by Gasteiger charge is 2.17. The molecule has 0 radical (unpaired) electrons. The van der Waals surface area contributed by atoms with Gasteiger partial charge in [-0.25, -0.2) is 0 Å². The highest BCUT2D eigenvalue weighted by molar-refractivity contribution is 5.27. The number of hydrogen-bond acceptors (Lipinski definition) is 4. The van der Waals surface area contributed by atoms with Crippen LogP contribution in [0.25, 0.3) is 0 Å². The molecule has 1 N–H and O–H groups in total. The monoisotopic (exact) mass is 275 g/mol. The minimum atomic E-state index is 0.0936. The smallest absolute Gasteiger partial charge is 0.174 e. The van der Waals surface area contributed by atoms with Gasteiger partial charge >= 0.3 is 0 Å². The lowest BCUT2D eigenvalue weighted by molar-refractivity contribution is 0.232. The van der Waals surface area contributed by atoms with E-state index in [0.717, 1.165) is 25.4 Å². The van der Waals surface area contributed by atoms with Crippen molar-refractivity contribution in [1.82, 2.24) is 10.2 Å². The quantitative estimate of drug-likeness (QED) is 0.790.